The molecule has 1 aromatic rings. The summed E-state index contributed by atoms with van der Waals surface area (Å²) in [6, 6.07) is 7.17. The highest BCUT2D eigenvalue weighted by atomic mass is 16.5. The molecule has 0 fully saturated rings. The van der Waals surface area contributed by atoms with Crippen molar-refractivity contribution in [3.8, 4) is 5.75 Å². The minimum absolute atomic E-state index is 0.457. The van der Waals surface area contributed by atoms with E-state index >= 15 is 0 Å². The second-order valence-electron chi connectivity index (χ2n) is 2.47. The van der Waals surface area contributed by atoms with E-state index in [4.69, 9.17) is 10.5 Å². The average Bonchev–Trinajstić information content (AvgIpc) is 2.20. The summed E-state index contributed by atoms with van der Waals surface area (Å²) in [5.74, 6) is 0.707. The maximum Gasteiger partial charge on any atom is 0.152 e. The molecule has 0 aromatic heterocycles. The van der Waals surface area contributed by atoms with E-state index in [1.165, 1.54) is 6.20 Å². The van der Waals surface area contributed by atoms with Gasteiger partial charge in [0.15, 0.2) is 6.29 Å². The summed E-state index contributed by atoms with van der Waals surface area (Å²) in [6.07, 6.45) is 2.00. The lowest BCUT2D eigenvalue weighted by Crippen LogP contribution is -1.91. The van der Waals surface area contributed by atoms with Gasteiger partial charge in [0.2, 0.25) is 0 Å². The number of carbonyl (C=O) groups excluding carboxylic acids is 1. The molecule has 0 aliphatic carbocycles. The smallest absolute Gasteiger partial charge is 0.152 e. The number of hydrogen-bond donors (Lipinski definition) is 1. The third-order valence-corrected chi connectivity index (χ3v) is 1.71. The zero-order valence-electron chi connectivity index (χ0n) is 7.36. The average molecular weight is 177 g/mol. The molecule has 1 rings (SSSR count). The fourth-order valence-corrected chi connectivity index (χ4v) is 1.01. The van der Waals surface area contributed by atoms with Gasteiger partial charge in [0, 0.05) is 11.8 Å². The summed E-state index contributed by atoms with van der Waals surface area (Å²) < 4.78 is 5.01. The SMILES string of the molecule is COc1cccc(C(C=O)=CN)c1. The molecule has 3 nitrogen and oxygen atoms in total. The van der Waals surface area contributed by atoms with Gasteiger partial charge in [-0.1, -0.05) is 12.1 Å². The lowest BCUT2D eigenvalue weighted by Gasteiger charge is -2.02. The van der Waals surface area contributed by atoms with E-state index in [0.29, 0.717) is 11.3 Å². The van der Waals surface area contributed by atoms with Gasteiger partial charge < -0.3 is 10.5 Å². The molecule has 0 saturated carbocycles. The Hall–Kier alpha value is -1.77. The van der Waals surface area contributed by atoms with E-state index in [2.05, 4.69) is 0 Å². The normalized spacial score (nSPS) is 11.0. The molecule has 0 amide bonds. The molecule has 0 unspecified atom stereocenters. The monoisotopic (exact) mass is 177 g/mol. The number of methoxy groups -OCH3 is 1. The van der Waals surface area contributed by atoms with Gasteiger partial charge in [0.1, 0.15) is 5.75 Å². The van der Waals surface area contributed by atoms with Crippen LogP contribution in [-0.2, 0) is 4.79 Å². The van der Waals surface area contributed by atoms with Gasteiger partial charge in [-0.3, -0.25) is 4.79 Å². The van der Waals surface area contributed by atoms with Gasteiger partial charge in [-0.05, 0) is 17.7 Å². The number of allylic oxidation sites excluding steroid dienone is 1. The molecule has 1 aromatic carbocycles. The van der Waals surface area contributed by atoms with Crippen LogP contribution < -0.4 is 10.5 Å². The Kier molecular flexibility index (Phi) is 3.09. The second kappa shape index (κ2) is 4.30. The molecule has 0 spiro atoms. The summed E-state index contributed by atoms with van der Waals surface area (Å²) in [4.78, 5) is 10.5. The number of carbonyl (C=O) groups is 1. The zero-order chi connectivity index (χ0) is 9.68. The summed E-state index contributed by atoms with van der Waals surface area (Å²) in [5.41, 5.74) is 6.49. The molecule has 3 heteroatoms. The number of rotatable bonds is 3. The topological polar surface area (TPSA) is 52.3 Å². The third-order valence-electron chi connectivity index (χ3n) is 1.71. The van der Waals surface area contributed by atoms with E-state index in [9.17, 15) is 4.79 Å². The van der Waals surface area contributed by atoms with Crippen molar-refractivity contribution in [1.29, 1.82) is 0 Å². The van der Waals surface area contributed by atoms with E-state index in [-0.39, 0.29) is 0 Å². The highest BCUT2D eigenvalue weighted by molar-refractivity contribution is 6.06. The van der Waals surface area contributed by atoms with E-state index in [1.54, 1.807) is 25.3 Å². The standard InChI is InChI=1S/C10H11NO2/c1-13-10-4-2-3-8(5-10)9(6-11)7-12/h2-7H,11H2,1H3. The first-order chi connectivity index (χ1) is 6.31. The molecule has 0 aliphatic heterocycles. The molecule has 0 aliphatic rings. The number of hydrogen-bond acceptors (Lipinski definition) is 3. The van der Waals surface area contributed by atoms with Crippen molar-refractivity contribution in [1.82, 2.24) is 0 Å². The van der Waals surface area contributed by atoms with Crippen molar-refractivity contribution in [2.75, 3.05) is 7.11 Å². The maximum absolute atomic E-state index is 10.5. The van der Waals surface area contributed by atoms with Gasteiger partial charge in [0.05, 0.1) is 7.11 Å². The van der Waals surface area contributed by atoms with Crippen LogP contribution in [0.5, 0.6) is 5.75 Å². The molecule has 68 valence electrons. The van der Waals surface area contributed by atoms with Crippen LogP contribution in [0.15, 0.2) is 30.5 Å². The number of ether oxygens (including phenoxy) is 1. The summed E-state index contributed by atoms with van der Waals surface area (Å²) in [5, 5.41) is 0. The molecule has 0 radical (unpaired) electrons. The van der Waals surface area contributed by atoms with Crippen molar-refractivity contribution < 1.29 is 9.53 Å². The lowest BCUT2D eigenvalue weighted by atomic mass is 10.1. The predicted molar refractivity (Wildman–Crippen MR) is 51.2 cm³/mol. The molecule has 13 heavy (non-hydrogen) atoms. The van der Waals surface area contributed by atoms with Crippen molar-refractivity contribution in [2.45, 2.75) is 0 Å². The molecule has 0 saturated heterocycles. The number of aldehydes is 1. The highest BCUT2D eigenvalue weighted by Gasteiger charge is 2.00. The van der Waals surface area contributed by atoms with Gasteiger partial charge in [-0.25, -0.2) is 0 Å². The van der Waals surface area contributed by atoms with Crippen LogP contribution in [0.4, 0.5) is 0 Å². The Labute approximate surface area is 76.8 Å². The van der Waals surface area contributed by atoms with Crippen LogP contribution >= 0.6 is 0 Å². The quantitative estimate of drug-likeness (QED) is 0.557. The van der Waals surface area contributed by atoms with Crippen molar-refractivity contribution in [3.63, 3.8) is 0 Å². The van der Waals surface area contributed by atoms with Crippen LogP contribution in [0.1, 0.15) is 5.56 Å². The molecule has 2 N–H and O–H groups in total. The fourth-order valence-electron chi connectivity index (χ4n) is 1.01. The maximum atomic E-state index is 10.5. The fraction of sp³-hybridized carbons (Fsp3) is 0.100. The van der Waals surface area contributed by atoms with Gasteiger partial charge in [0.25, 0.3) is 0 Å². The number of benzene rings is 1. The third kappa shape index (κ3) is 2.08. The minimum atomic E-state index is 0.457. The molecule has 0 heterocycles. The van der Waals surface area contributed by atoms with E-state index in [1.807, 2.05) is 6.07 Å². The predicted octanol–water partition coefficient (Wildman–Crippen LogP) is 1.19. The van der Waals surface area contributed by atoms with Crippen molar-refractivity contribution in [3.05, 3.63) is 36.0 Å². The van der Waals surface area contributed by atoms with Crippen molar-refractivity contribution >= 4 is 11.9 Å². The first-order valence-electron chi connectivity index (χ1n) is 3.83. The van der Waals surface area contributed by atoms with Crippen molar-refractivity contribution in [2.24, 2.45) is 5.73 Å². The second-order valence-corrected chi connectivity index (χ2v) is 2.47. The minimum Gasteiger partial charge on any atom is -0.497 e. The molecule has 0 atom stereocenters. The molecular weight excluding hydrogens is 166 g/mol. The first kappa shape index (κ1) is 9.32. The first-order valence-corrected chi connectivity index (χ1v) is 3.83. The van der Waals surface area contributed by atoms with Gasteiger partial charge in [-0.15, -0.1) is 0 Å². The Morgan fingerprint density at radius 3 is 2.85 bits per heavy atom. The molecule has 0 bridgehead atoms. The summed E-state index contributed by atoms with van der Waals surface area (Å²) in [7, 11) is 1.58. The lowest BCUT2D eigenvalue weighted by molar-refractivity contribution is -0.103. The van der Waals surface area contributed by atoms with Crippen LogP contribution in [0.3, 0.4) is 0 Å². The highest BCUT2D eigenvalue weighted by Crippen LogP contribution is 2.17. The van der Waals surface area contributed by atoms with E-state index < -0.39 is 0 Å². The summed E-state index contributed by atoms with van der Waals surface area (Å²) in [6.45, 7) is 0. The Balaban J connectivity index is 3.07. The van der Waals surface area contributed by atoms with Crippen LogP contribution in [-0.4, -0.2) is 13.4 Å². The van der Waals surface area contributed by atoms with Crippen LogP contribution in [0.2, 0.25) is 0 Å². The van der Waals surface area contributed by atoms with Gasteiger partial charge in [-0.2, -0.15) is 0 Å². The van der Waals surface area contributed by atoms with Crippen LogP contribution in [0.25, 0.3) is 5.57 Å². The summed E-state index contributed by atoms with van der Waals surface area (Å²) >= 11 is 0. The number of nitrogens with two attached hydrogens (primary N) is 1. The Morgan fingerprint density at radius 1 is 1.54 bits per heavy atom. The van der Waals surface area contributed by atoms with Gasteiger partial charge >= 0.3 is 0 Å². The Morgan fingerprint density at radius 2 is 2.31 bits per heavy atom. The largest absolute Gasteiger partial charge is 0.497 e. The molecular formula is C10H11NO2. The Bertz CT molecular complexity index is 331. The zero-order valence-corrected chi connectivity index (χ0v) is 7.36. The van der Waals surface area contributed by atoms with Crippen LogP contribution in [0, 0.1) is 0 Å². The van der Waals surface area contributed by atoms with E-state index in [0.717, 1.165) is 11.8 Å².